The zero-order valence-corrected chi connectivity index (χ0v) is 6.84. The Balaban J connectivity index is 2.29. The van der Waals surface area contributed by atoms with Gasteiger partial charge >= 0.3 is 0 Å². The number of hydrogen-bond acceptors (Lipinski definition) is 3. The molecule has 1 fully saturated rings. The lowest BCUT2D eigenvalue weighted by molar-refractivity contribution is -0.0297. The Bertz CT molecular complexity index is 87.6. The zero-order valence-electron chi connectivity index (χ0n) is 6.84. The van der Waals surface area contributed by atoms with Crippen molar-refractivity contribution in [3.8, 4) is 0 Å². The third kappa shape index (κ3) is 1.68. The minimum absolute atomic E-state index is 0.779. The van der Waals surface area contributed by atoms with Crippen molar-refractivity contribution in [2.24, 2.45) is 0 Å². The van der Waals surface area contributed by atoms with Crippen LogP contribution in [0.4, 0.5) is 0 Å². The minimum atomic E-state index is 0.779. The fraction of sp³-hybridized carbons (Fsp3) is 1.00. The molecule has 0 spiro atoms. The summed E-state index contributed by atoms with van der Waals surface area (Å²) in [7, 11) is 0. The van der Waals surface area contributed by atoms with Crippen LogP contribution in [0.3, 0.4) is 0 Å². The van der Waals surface area contributed by atoms with Crippen molar-refractivity contribution >= 4 is 0 Å². The second-order valence-electron chi connectivity index (χ2n) is 2.41. The number of ether oxygens (including phenoxy) is 1. The first kappa shape index (κ1) is 7.98. The topological polar surface area (TPSA) is 15.7 Å². The van der Waals surface area contributed by atoms with Crippen molar-refractivity contribution in [2.75, 3.05) is 33.0 Å². The lowest BCUT2D eigenvalue weighted by Gasteiger charge is -2.27. The minimum Gasteiger partial charge on any atom is -0.363 e. The first-order valence-electron chi connectivity index (χ1n) is 3.96. The molecule has 60 valence electrons. The number of hydrazine groups is 1. The summed E-state index contributed by atoms with van der Waals surface area (Å²) < 4.78 is 5.23. The summed E-state index contributed by atoms with van der Waals surface area (Å²) in [5, 5.41) is 4.55. The van der Waals surface area contributed by atoms with Crippen molar-refractivity contribution in [3.05, 3.63) is 0 Å². The van der Waals surface area contributed by atoms with Crippen LogP contribution in [0.25, 0.3) is 0 Å². The largest absolute Gasteiger partial charge is 0.363 e. The molecule has 0 aromatic heterocycles. The molecule has 1 heterocycles. The molecule has 3 nitrogen and oxygen atoms in total. The highest BCUT2D eigenvalue weighted by molar-refractivity contribution is 4.55. The standard InChI is InChI=1S/C7H16N2O/c1-3-8(4-2)9-5-6-10-7-9/h3-7H2,1-2H3. The quantitative estimate of drug-likeness (QED) is 0.574. The van der Waals surface area contributed by atoms with E-state index >= 15 is 0 Å². The van der Waals surface area contributed by atoms with E-state index in [-0.39, 0.29) is 0 Å². The Morgan fingerprint density at radius 2 is 2.10 bits per heavy atom. The lowest BCUT2D eigenvalue weighted by Crippen LogP contribution is -2.40. The van der Waals surface area contributed by atoms with E-state index in [4.69, 9.17) is 4.74 Å². The van der Waals surface area contributed by atoms with Gasteiger partial charge in [-0.15, -0.1) is 0 Å². The molecule has 0 bridgehead atoms. The molecule has 1 aliphatic rings. The van der Waals surface area contributed by atoms with Crippen LogP contribution in [0.1, 0.15) is 13.8 Å². The average molecular weight is 144 g/mol. The summed E-state index contributed by atoms with van der Waals surface area (Å²) in [6, 6.07) is 0. The van der Waals surface area contributed by atoms with E-state index < -0.39 is 0 Å². The fourth-order valence-electron chi connectivity index (χ4n) is 1.25. The van der Waals surface area contributed by atoms with Crippen molar-refractivity contribution in [1.82, 2.24) is 10.0 Å². The maximum atomic E-state index is 5.23. The fourth-order valence-corrected chi connectivity index (χ4v) is 1.25. The lowest BCUT2D eigenvalue weighted by atomic mass is 10.6. The summed E-state index contributed by atoms with van der Waals surface area (Å²) in [6.45, 7) is 9.23. The maximum absolute atomic E-state index is 5.23. The molecule has 0 atom stereocenters. The average Bonchev–Trinajstić information content (AvgIpc) is 2.43. The summed E-state index contributed by atoms with van der Waals surface area (Å²) in [6.07, 6.45) is 0. The molecular weight excluding hydrogens is 128 g/mol. The van der Waals surface area contributed by atoms with Crippen LogP contribution in [0.5, 0.6) is 0 Å². The van der Waals surface area contributed by atoms with Crippen LogP contribution < -0.4 is 0 Å². The molecule has 1 saturated heterocycles. The normalized spacial score (nSPS) is 20.7. The van der Waals surface area contributed by atoms with Crippen molar-refractivity contribution < 1.29 is 4.74 Å². The van der Waals surface area contributed by atoms with Gasteiger partial charge in [-0.25, -0.2) is 10.0 Å². The number of hydrogen-bond donors (Lipinski definition) is 0. The highest BCUT2D eigenvalue weighted by atomic mass is 16.5. The van der Waals surface area contributed by atoms with Gasteiger partial charge in [0, 0.05) is 19.6 Å². The van der Waals surface area contributed by atoms with Gasteiger partial charge in [0.1, 0.15) is 6.73 Å². The predicted octanol–water partition coefficient (Wildman–Crippen LogP) is 0.533. The van der Waals surface area contributed by atoms with Gasteiger partial charge in [0.05, 0.1) is 6.61 Å². The molecule has 1 rings (SSSR count). The molecule has 3 heteroatoms. The van der Waals surface area contributed by atoms with Crippen molar-refractivity contribution in [2.45, 2.75) is 13.8 Å². The Morgan fingerprint density at radius 3 is 2.50 bits per heavy atom. The van der Waals surface area contributed by atoms with E-state index in [9.17, 15) is 0 Å². The van der Waals surface area contributed by atoms with Crippen LogP contribution in [0, 0.1) is 0 Å². The van der Waals surface area contributed by atoms with E-state index in [1.54, 1.807) is 0 Å². The molecular formula is C7H16N2O. The van der Waals surface area contributed by atoms with E-state index in [1.165, 1.54) is 0 Å². The van der Waals surface area contributed by atoms with Crippen LogP contribution >= 0.6 is 0 Å². The summed E-state index contributed by atoms with van der Waals surface area (Å²) in [4.78, 5) is 0. The molecule has 0 unspecified atom stereocenters. The predicted molar refractivity (Wildman–Crippen MR) is 40.4 cm³/mol. The summed E-state index contributed by atoms with van der Waals surface area (Å²) in [5.41, 5.74) is 0. The Kier molecular flexibility index (Phi) is 3.12. The second kappa shape index (κ2) is 3.91. The Morgan fingerprint density at radius 1 is 1.40 bits per heavy atom. The maximum Gasteiger partial charge on any atom is 0.112 e. The highest BCUT2D eigenvalue weighted by Crippen LogP contribution is 2.03. The van der Waals surface area contributed by atoms with E-state index in [0.29, 0.717) is 0 Å². The van der Waals surface area contributed by atoms with Crippen molar-refractivity contribution in [3.63, 3.8) is 0 Å². The molecule has 0 saturated carbocycles. The molecule has 0 radical (unpaired) electrons. The van der Waals surface area contributed by atoms with E-state index in [0.717, 1.165) is 33.0 Å². The van der Waals surface area contributed by atoms with Gasteiger partial charge in [-0.2, -0.15) is 0 Å². The number of nitrogens with zero attached hydrogens (tertiary/aromatic N) is 2. The molecule has 0 aromatic rings. The van der Waals surface area contributed by atoms with E-state index in [2.05, 4.69) is 23.9 Å². The van der Waals surface area contributed by atoms with Gasteiger partial charge in [-0.1, -0.05) is 13.8 Å². The molecule has 0 aliphatic carbocycles. The van der Waals surface area contributed by atoms with Gasteiger partial charge in [-0.3, -0.25) is 0 Å². The summed E-state index contributed by atoms with van der Waals surface area (Å²) in [5.74, 6) is 0. The van der Waals surface area contributed by atoms with Gasteiger partial charge in [0.25, 0.3) is 0 Å². The van der Waals surface area contributed by atoms with Gasteiger partial charge in [0.15, 0.2) is 0 Å². The van der Waals surface area contributed by atoms with Crippen LogP contribution in [-0.4, -0.2) is 43.0 Å². The monoisotopic (exact) mass is 144 g/mol. The highest BCUT2D eigenvalue weighted by Gasteiger charge is 2.16. The van der Waals surface area contributed by atoms with E-state index in [1.807, 2.05) is 0 Å². The molecule has 0 aromatic carbocycles. The second-order valence-corrected chi connectivity index (χ2v) is 2.41. The molecule has 0 N–H and O–H groups in total. The number of rotatable bonds is 3. The Labute approximate surface area is 62.5 Å². The Hall–Kier alpha value is -0.120. The van der Waals surface area contributed by atoms with Crippen LogP contribution in [-0.2, 0) is 4.74 Å². The van der Waals surface area contributed by atoms with Crippen LogP contribution in [0.15, 0.2) is 0 Å². The third-order valence-corrected chi connectivity index (χ3v) is 1.86. The molecule has 10 heavy (non-hydrogen) atoms. The first-order chi connectivity index (χ1) is 4.88. The van der Waals surface area contributed by atoms with Crippen molar-refractivity contribution in [1.29, 1.82) is 0 Å². The molecule has 0 amide bonds. The van der Waals surface area contributed by atoms with Gasteiger partial charge < -0.3 is 4.74 Å². The van der Waals surface area contributed by atoms with Gasteiger partial charge in [-0.05, 0) is 0 Å². The van der Waals surface area contributed by atoms with Crippen LogP contribution in [0.2, 0.25) is 0 Å². The SMILES string of the molecule is CCN(CC)N1CCOC1. The first-order valence-corrected chi connectivity index (χ1v) is 3.96. The smallest absolute Gasteiger partial charge is 0.112 e. The third-order valence-electron chi connectivity index (χ3n) is 1.86. The molecule has 1 aliphatic heterocycles. The van der Waals surface area contributed by atoms with Gasteiger partial charge in [0.2, 0.25) is 0 Å². The zero-order chi connectivity index (χ0) is 7.40. The summed E-state index contributed by atoms with van der Waals surface area (Å²) >= 11 is 0.